The van der Waals surface area contributed by atoms with E-state index in [4.69, 9.17) is 4.63 Å². The van der Waals surface area contributed by atoms with E-state index in [9.17, 15) is 0 Å². The van der Waals surface area contributed by atoms with Crippen LogP contribution in [0.15, 0.2) is 53.2 Å². The number of rotatable bonds is 6. The lowest BCUT2D eigenvalue weighted by Crippen LogP contribution is -2.10. The lowest BCUT2D eigenvalue weighted by Gasteiger charge is -2.12. The summed E-state index contributed by atoms with van der Waals surface area (Å²) in [4.78, 5) is 9.00. The predicted molar refractivity (Wildman–Crippen MR) is 105 cm³/mol. The molecule has 2 aromatic carbocycles. The minimum Gasteiger partial charge on any atom is -0.367 e. The average molecular weight is 360 g/mol. The number of aromatic nitrogens is 4. The van der Waals surface area contributed by atoms with Crippen LogP contribution in [-0.4, -0.2) is 26.8 Å². The van der Waals surface area contributed by atoms with E-state index in [1.165, 1.54) is 16.7 Å². The molecule has 0 atom stereocenters. The number of nitrogens with one attached hydrogen (secondary N) is 2. The summed E-state index contributed by atoms with van der Waals surface area (Å²) in [6, 6.07) is 16.5. The van der Waals surface area contributed by atoms with Crippen LogP contribution in [0.3, 0.4) is 0 Å². The number of fused-ring (bicyclic) bond motifs is 1. The van der Waals surface area contributed by atoms with Crippen LogP contribution in [0.25, 0.3) is 11.3 Å². The van der Waals surface area contributed by atoms with Crippen molar-refractivity contribution in [1.29, 1.82) is 0 Å². The van der Waals surface area contributed by atoms with Gasteiger partial charge in [-0.05, 0) is 59.4 Å². The first-order valence-electron chi connectivity index (χ1n) is 8.81. The van der Waals surface area contributed by atoms with E-state index in [2.05, 4.69) is 69.0 Å². The second-order valence-corrected chi connectivity index (χ2v) is 6.42. The molecule has 0 spiro atoms. The fraction of sp³-hybridized carbons (Fsp3) is 0.200. The van der Waals surface area contributed by atoms with Gasteiger partial charge in [-0.3, -0.25) is 0 Å². The lowest BCUT2D eigenvalue weighted by atomic mass is 10.1. The molecule has 0 amide bonds. The highest BCUT2D eigenvalue weighted by Crippen LogP contribution is 2.25. The smallest absolute Gasteiger partial charge is 0.245 e. The quantitative estimate of drug-likeness (QED) is 0.536. The Morgan fingerprint density at radius 1 is 0.852 bits per heavy atom. The molecule has 4 rings (SSSR count). The monoisotopic (exact) mass is 360 g/mol. The summed E-state index contributed by atoms with van der Waals surface area (Å²) in [5.41, 5.74) is 5.39. The molecule has 4 aromatic rings. The van der Waals surface area contributed by atoms with Gasteiger partial charge in [-0.25, -0.2) is 14.6 Å². The lowest BCUT2D eigenvalue weighted by molar-refractivity contribution is 0.314. The molecule has 0 saturated heterocycles. The summed E-state index contributed by atoms with van der Waals surface area (Å²) in [7, 11) is 0. The van der Waals surface area contributed by atoms with Crippen LogP contribution in [0, 0.1) is 13.8 Å². The van der Waals surface area contributed by atoms with Gasteiger partial charge in [0, 0.05) is 12.2 Å². The third-order valence-corrected chi connectivity index (χ3v) is 4.43. The van der Waals surface area contributed by atoms with Crippen molar-refractivity contribution in [3.8, 4) is 0 Å². The Kier molecular flexibility index (Phi) is 4.65. The Morgan fingerprint density at radius 2 is 1.59 bits per heavy atom. The van der Waals surface area contributed by atoms with Crippen molar-refractivity contribution in [2.75, 3.05) is 17.2 Å². The van der Waals surface area contributed by atoms with Crippen molar-refractivity contribution < 1.29 is 4.63 Å². The molecule has 7 nitrogen and oxygen atoms in total. The first-order valence-corrected chi connectivity index (χ1v) is 8.81. The SMILES string of the molecule is Cc1ccc(Nc2nc3nonc3nc2NCCc2ccccc2)cc1C. The Hall–Kier alpha value is -3.48. The van der Waals surface area contributed by atoms with Crippen LogP contribution in [0.4, 0.5) is 17.3 Å². The molecule has 27 heavy (non-hydrogen) atoms. The Morgan fingerprint density at radius 3 is 2.33 bits per heavy atom. The maximum absolute atomic E-state index is 4.75. The predicted octanol–water partition coefficient (Wildman–Crippen LogP) is 4.03. The molecule has 0 aliphatic heterocycles. The Labute approximate surface area is 156 Å². The second kappa shape index (κ2) is 7.41. The maximum atomic E-state index is 4.75. The third kappa shape index (κ3) is 3.87. The zero-order valence-corrected chi connectivity index (χ0v) is 15.2. The van der Waals surface area contributed by atoms with Crippen molar-refractivity contribution in [1.82, 2.24) is 20.3 Å². The van der Waals surface area contributed by atoms with Crippen LogP contribution >= 0.6 is 0 Å². The van der Waals surface area contributed by atoms with Gasteiger partial charge >= 0.3 is 0 Å². The fourth-order valence-electron chi connectivity index (χ4n) is 2.77. The van der Waals surface area contributed by atoms with Crippen LogP contribution < -0.4 is 10.6 Å². The summed E-state index contributed by atoms with van der Waals surface area (Å²) in [5, 5.41) is 14.3. The minimum atomic E-state index is 0.370. The molecule has 2 aromatic heterocycles. The molecule has 0 bridgehead atoms. The van der Waals surface area contributed by atoms with Crippen LogP contribution in [0.2, 0.25) is 0 Å². The molecule has 0 radical (unpaired) electrons. The van der Waals surface area contributed by atoms with Gasteiger partial charge in [-0.15, -0.1) is 0 Å². The molecular weight excluding hydrogens is 340 g/mol. The van der Waals surface area contributed by atoms with Crippen LogP contribution in [-0.2, 0) is 6.42 Å². The molecule has 0 saturated carbocycles. The van der Waals surface area contributed by atoms with Gasteiger partial charge in [0.25, 0.3) is 0 Å². The number of aryl methyl sites for hydroxylation is 2. The summed E-state index contributed by atoms with van der Waals surface area (Å²) in [6.45, 7) is 4.88. The van der Waals surface area contributed by atoms with E-state index < -0.39 is 0 Å². The van der Waals surface area contributed by atoms with E-state index in [-0.39, 0.29) is 0 Å². The molecule has 0 unspecified atom stereocenters. The average Bonchev–Trinajstić information content (AvgIpc) is 3.13. The molecule has 7 heteroatoms. The van der Waals surface area contributed by atoms with Crippen molar-refractivity contribution >= 4 is 28.6 Å². The van der Waals surface area contributed by atoms with Gasteiger partial charge in [0.15, 0.2) is 11.6 Å². The van der Waals surface area contributed by atoms with E-state index in [1.54, 1.807) is 0 Å². The van der Waals surface area contributed by atoms with Gasteiger partial charge in [0.2, 0.25) is 11.3 Å². The Balaban J connectivity index is 1.57. The number of nitrogens with zero attached hydrogens (tertiary/aromatic N) is 4. The number of anilines is 3. The van der Waals surface area contributed by atoms with Gasteiger partial charge in [0.1, 0.15) is 0 Å². The van der Waals surface area contributed by atoms with Gasteiger partial charge in [-0.2, -0.15) is 0 Å². The molecule has 136 valence electrons. The van der Waals surface area contributed by atoms with E-state index in [1.807, 2.05) is 24.3 Å². The van der Waals surface area contributed by atoms with Crippen LogP contribution in [0.1, 0.15) is 16.7 Å². The standard InChI is InChI=1S/C20H20N6O/c1-13-8-9-16(12-14(13)2)22-18-17(23-19-20(24-18)26-27-25-19)21-11-10-15-6-4-3-5-7-15/h3-9,12H,10-11H2,1-2H3,(H,21,23,25)(H,22,24,26). The molecular formula is C20H20N6O. The fourth-order valence-corrected chi connectivity index (χ4v) is 2.77. The summed E-state index contributed by atoms with van der Waals surface area (Å²) >= 11 is 0. The van der Waals surface area contributed by atoms with Crippen LogP contribution in [0.5, 0.6) is 0 Å². The summed E-state index contributed by atoms with van der Waals surface area (Å²) in [6.07, 6.45) is 0.876. The third-order valence-electron chi connectivity index (χ3n) is 4.43. The largest absolute Gasteiger partial charge is 0.367 e. The highest BCUT2D eigenvalue weighted by molar-refractivity contribution is 5.76. The minimum absolute atomic E-state index is 0.370. The summed E-state index contributed by atoms with van der Waals surface area (Å²) in [5.74, 6) is 1.21. The van der Waals surface area contributed by atoms with Crippen molar-refractivity contribution in [2.45, 2.75) is 20.3 Å². The van der Waals surface area contributed by atoms with Crippen molar-refractivity contribution in [3.63, 3.8) is 0 Å². The molecule has 2 N–H and O–H groups in total. The van der Waals surface area contributed by atoms with Gasteiger partial charge in [0.05, 0.1) is 0 Å². The first kappa shape index (κ1) is 17.0. The number of hydrogen-bond acceptors (Lipinski definition) is 7. The zero-order valence-electron chi connectivity index (χ0n) is 15.2. The van der Waals surface area contributed by atoms with Gasteiger partial charge < -0.3 is 10.6 Å². The first-order chi connectivity index (χ1) is 13.2. The molecule has 0 fully saturated rings. The molecule has 2 heterocycles. The van der Waals surface area contributed by atoms with E-state index >= 15 is 0 Å². The van der Waals surface area contributed by atoms with Gasteiger partial charge in [-0.1, -0.05) is 36.4 Å². The van der Waals surface area contributed by atoms with Crippen molar-refractivity contribution in [2.24, 2.45) is 0 Å². The number of benzene rings is 2. The second-order valence-electron chi connectivity index (χ2n) is 6.42. The maximum Gasteiger partial charge on any atom is 0.245 e. The molecule has 0 aliphatic carbocycles. The van der Waals surface area contributed by atoms with E-state index in [0.29, 0.717) is 22.9 Å². The normalized spacial score (nSPS) is 10.9. The topological polar surface area (TPSA) is 88.8 Å². The highest BCUT2D eigenvalue weighted by atomic mass is 16.6. The van der Waals surface area contributed by atoms with E-state index in [0.717, 1.165) is 18.7 Å². The highest BCUT2D eigenvalue weighted by Gasteiger charge is 2.13. The summed E-state index contributed by atoms with van der Waals surface area (Å²) < 4.78 is 4.75. The molecule has 0 aliphatic rings. The number of hydrogen-bond donors (Lipinski definition) is 2. The Bertz CT molecular complexity index is 1060. The zero-order chi connectivity index (χ0) is 18.6. The van der Waals surface area contributed by atoms with Crippen molar-refractivity contribution in [3.05, 3.63) is 65.2 Å².